The number of likely N-dealkylation sites (tertiary alicyclic amines) is 1. The van der Waals surface area contributed by atoms with E-state index in [2.05, 4.69) is 13.8 Å². The van der Waals surface area contributed by atoms with Crippen LogP contribution >= 0.6 is 11.3 Å². The number of rotatable bonds is 17. The molecule has 3 aromatic rings. The summed E-state index contributed by atoms with van der Waals surface area (Å²) < 4.78 is 18.4. The quantitative estimate of drug-likeness (QED) is 0.133. The van der Waals surface area contributed by atoms with Crippen LogP contribution in [0.25, 0.3) is 22.3 Å². The molecule has 3 unspecified atom stereocenters. The number of ether oxygens (including phenoxy) is 3. The lowest BCUT2D eigenvalue weighted by molar-refractivity contribution is -0.157. The summed E-state index contributed by atoms with van der Waals surface area (Å²) in [7, 11) is 0. The highest BCUT2D eigenvalue weighted by atomic mass is 32.1. The SMILES string of the molecule is CCC1C[C@]1(CC(=O)[C@@H]1CC(Oc2cc(-c3csc(CC(C)C)n3)nc3cc(OCCO)ccc23)CN1C(=O)[C@@H](CC(=O)OC1C[C@@H]2C[C@@H]2C1)C(C)(C)C)C(=O)O. The van der Waals surface area contributed by atoms with Gasteiger partial charge in [0.2, 0.25) is 5.91 Å². The minimum absolute atomic E-state index is 0.0756. The average Bonchev–Trinajstić information content (AvgIpc) is 3.82. The number of nitrogens with zero attached hydrogens (tertiary/aromatic N) is 3. The third-order valence-electron chi connectivity index (χ3n) is 12.6. The summed E-state index contributed by atoms with van der Waals surface area (Å²) >= 11 is 1.57. The number of thiazole rings is 1. The summed E-state index contributed by atoms with van der Waals surface area (Å²) in [5, 5.41) is 23.3. The average molecular weight is 804 g/mol. The van der Waals surface area contributed by atoms with E-state index in [4.69, 9.17) is 24.2 Å². The molecule has 3 heterocycles. The molecule has 308 valence electrons. The second-order valence-electron chi connectivity index (χ2n) is 18.3. The second-order valence-corrected chi connectivity index (χ2v) is 19.3. The Morgan fingerprint density at radius 3 is 2.42 bits per heavy atom. The van der Waals surface area contributed by atoms with Crippen molar-refractivity contribution in [3.05, 3.63) is 34.7 Å². The van der Waals surface area contributed by atoms with Gasteiger partial charge in [0, 0.05) is 42.2 Å². The van der Waals surface area contributed by atoms with E-state index in [1.807, 2.05) is 45.2 Å². The monoisotopic (exact) mass is 803 g/mol. The zero-order chi connectivity index (χ0) is 40.8. The number of carboxylic acid groups (broad SMARTS) is 1. The van der Waals surface area contributed by atoms with Crippen molar-refractivity contribution < 1.29 is 43.6 Å². The number of carbonyl (C=O) groups excluding carboxylic acids is 3. The first kappa shape index (κ1) is 41.1. The molecular formula is C44H57N3O9S. The van der Waals surface area contributed by atoms with Crippen LogP contribution in [0.3, 0.4) is 0 Å². The molecule has 0 bridgehead atoms. The molecule has 4 aliphatic rings. The number of aliphatic hydroxyl groups excluding tert-OH is 1. The van der Waals surface area contributed by atoms with E-state index in [-0.39, 0.29) is 62.7 Å². The highest BCUT2D eigenvalue weighted by Gasteiger charge is 2.61. The van der Waals surface area contributed by atoms with Crippen LogP contribution in [0, 0.1) is 40.4 Å². The molecule has 3 saturated carbocycles. The van der Waals surface area contributed by atoms with Gasteiger partial charge in [0.25, 0.3) is 0 Å². The molecule has 1 amide bonds. The lowest BCUT2D eigenvalue weighted by Crippen LogP contribution is -2.48. The zero-order valence-electron chi connectivity index (χ0n) is 34.0. The summed E-state index contributed by atoms with van der Waals surface area (Å²) in [6.07, 6.45) is 4.00. The molecule has 57 heavy (non-hydrogen) atoms. The number of hydrogen-bond acceptors (Lipinski definition) is 11. The fourth-order valence-electron chi connectivity index (χ4n) is 9.16. The van der Waals surface area contributed by atoms with Crippen molar-refractivity contribution in [1.29, 1.82) is 0 Å². The Morgan fingerprint density at radius 2 is 1.77 bits per heavy atom. The first-order chi connectivity index (χ1) is 27.1. The summed E-state index contributed by atoms with van der Waals surface area (Å²) in [6.45, 7) is 12.0. The molecule has 13 heteroatoms. The van der Waals surface area contributed by atoms with Crippen molar-refractivity contribution >= 4 is 45.9 Å². The minimum Gasteiger partial charge on any atom is -0.491 e. The molecule has 3 aliphatic carbocycles. The number of benzene rings is 1. The number of pyridine rings is 1. The van der Waals surface area contributed by atoms with Gasteiger partial charge in [0.05, 0.1) is 58.9 Å². The number of aliphatic hydroxyl groups is 1. The molecule has 2 aromatic heterocycles. The van der Waals surface area contributed by atoms with Crippen LogP contribution in [0.5, 0.6) is 11.5 Å². The summed E-state index contributed by atoms with van der Waals surface area (Å²) in [5.41, 5.74) is 0.103. The van der Waals surface area contributed by atoms with Crippen molar-refractivity contribution in [1.82, 2.24) is 14.9 Å². The molecule has 7 rings (SSSR count). The largest absolute Gasteiger partial charge is 0.491 e. The van der Waals surface area contributed by atoms with Gasteiger partial charge in [-0.25, -0.2) is 9.97 Å². The molecular weight excluding hydrogens is 747 g/mol. The van der Waals surface area contributed by atoms with Crippen LogP contribution in [0.1, 0.15) is 97.9 Å². The second kappa shape index (κ2) is 16.3. The van der Waals surface area contributed by atoms with Gasteiger partial charge in [-0.3, -0.25) is 19.2 Å². The topological polar surface area (TPSA) is 165 Å². The van der Waals surface area contributed by atoms with Gasteiger partial charge in [0.15, 0.2) is 5.78 Å². The lowest BCUT2D eigenvalue weighted by atomic mass is 9.77. The maximum Gasteiger partial charge on any atom is 0.310 e. The molecule has 1 saturated heterocycles. The Labute approximate surface area is 338 Å². The highest BCUT2D eigenvalue weighted by Crippen LogP contribution is 2.58. The van der Waals surface area contributed by atoms with Crippen molar-refractivity contribution in [2.24, 2.45) is 40.4 Å². The van der Waals surface area contributed by atoms with Crippen LogP contribution in [-0.2, 0) is 30.3 Å². The third kappa shape index (κ3) is 8.99. The Hall–Kier alpha value is -4.10. The fourth-order valence-corrected chi connectivity index (χ4v) is 10.2. The Morgan fingerprint density at radius 1 is 1.02 bits per heavy atom. The van der Waals surface area contributed by atoms with E-state index in [1.54, 1.807) is 28.4 Å². The maximum absolute atomic E-state index is 14.8. The van der Waals surface area contributed by atoms with Gasteiger partial charge in [-0.2, -0.15) is 0 Å². The van der Waals surface area contributed by atoms with E-state index < -0.39 is 40.8 Å². The van der Waals surface area contributed by atoms with Crippen LogP contribution in [0.4, 0.5) is 0 Å². The van der Waals surface area contributed by atoms with Gasteiger partial charge >= 0.3 is 11.9 Å². The summed E-state index contributed by atoms with van der Waals surface area (Å²) in [4.78, 5) is 66.4. The van der Waals surface area contributed by atoms with Crippen LogP contribution in [0.2, 0.25) is 0 Å². The number of esters is 1. The Kier molecular flexibility index (Phi) is 11.7. The van der Waals surface area contributed by atoms with Crippen LogP contribution in [-0.4, -0.2) is 86.7 Å². The Balaban J connectivity index is 1.19. The van der Waals surface area contributed by atoms with Crippen molar-refractivity contribution in [3.63, 3.8) is 0 Å². The first-order valence-electron chi connectivity index (χ1n) is 20.6. The summed E-state index contributed by atoms with van der Waals surface area (Å²) in [5.74, 6) is -0.170. The number of amides is 1. The minimum atomic E-state index is -1.14. The van der Waals surface area contributed by atoms with Gasteiger partial charge in [-0.15, -0.1) is 11.3 Å². The predicted molar refractivity (Wildman–Crippen MR) is 215 cm³/mol. The third-order valence-corrected chi connectivity index (χ3v) is 13.4. The smallest absolute Gasteiger partial charge is 0.310 e. The van der Waals surface area contributed by atoms with Crippen molar-refractivity contribution in [3.8, 4) is 22.9 Å². The molecule has 1 aromatic carbocycles. The van der Waals surface area contributed by atoms with Crippen molar-refractivity contribution in [2.75, 3.05) is 19.8 Å². The fraction of sp³-hybridized carbons (Fsp3) is 0.636. The van der Waals surface area contributed by atoms with Gasteiger partial charge < -0.3 is 29.3 Å². The lowest BCUT2D eigenvalue weighted by Gasteiger charge is -2.35. The van der Waals surface area contributed by atoms with E-state index in [0.717, 1.165) is 24.3 Å². The van der Waals surface area contributed by atoms with E-state index in [1.165, 1.54) is 6.42 Å². The molecule has 4 fully saturated rings. The number of hydrogen-bond donors (Lipinski definition) is 2. The number of carbonyl (C=O) groups is 4. The van der Waals surface area contributed by atoms with E-state index in [0.29, 0.717) is 64.4 Å². The number of aliphatic carboxylic acids is 1. The molecule has 0 radical (unpaired) electrons. The zero-order valence-corrected chi connectivity index (χ0v) is 34.8. The predicted octanol–water partition coefficient (Wildman–Crippen LogP) is 7.13. The van der Waals surface area contributed by atoms with E-state index >= 15 is 0 Å². The number of carboxylic acids is 1. The standard InChI is InChI=1S/C44H57N3O9S/c1-7-27-20-44(27,42(52)53)21-37(49)36-17-30(22-47(36)41(51)32(43(4,5)6)18-40(50)56-29-14-25-13-26(25)15-29)55-38-19-34(35-23-57-39(46-35)12-24(2)3)45-33-16-28(54-11-10-48)8-9-31(33)38/h8-9,16,19,23-27,29-30,32,36,48H,7,10-15,17-18,20-22H2,1-6H3,(H,52,53)/t25-,26+,27?,29?,30?,32-,36+,44-/m1/s1. The van der Waals surface area contributed by atoms with Crippen LogP contribution < -0.4 is 9.47 Å². The van der Waals surface area contributed by atoms with E-state index in [9.17, 15) is 29.4 Å². The number of Topliss-reactive ketones (excluding diaryl/α,β-unsaturated/α-hetero) is 1. The highest BCUT2D eigenvalue weighted by molar-refractivity contribution is 7.09. The van der Waals surface area contributed by atoms with Gasteiger partial charge in [0.1, 0.15) is 30.3 Å². The number of aromatic nitrogens is 2. The molecule has 2 N–H and O–H groups in total. The number of fused-ring (bicyclic) bond motifs is 2. The summed E-state index contributed by atoms with van der Waals surface area (Å²) in [6, 6.07) is 6.31. The molecule has 0 spiro atoms. The normalized spacial score (nSPS) is 27.0. The molecule has 8 atom stereocenters. The number of ketones is 1. The Bertz CT molecular complexity index is 2000. The molecule has 1 aliphatic heterocycles. The molecule has 12 nitrogen and oxygen atoms in total. The van der Waals surface area contributed by atoms with Crippen LogP contribution in [0.15, 0.2) is 29.6 Å². The van der Waals surface area contributed by atoms with Gasteiger partial charge in [-0.1, -0.05) is 48.0 Å². The van der Waals surface area contributed by atoms with Crippen molar-refractivity contribution in [2.45, 2.75) is 118 Å². The van der Waals surface area contributed by atoms with Gasteiger partial charge in [-0.05, 0) is 66.9 Å². The first-order valence-corrected chi connectivity index (χ1v) is 21.5. The maximum atomic E-state index is 14.8.